The quantitative estimate of drug-likeness (QED) is 0.151. The highest BCUT2D eigenvalue weighted by Gasteiger charge is 2.16. The van der Waals surface area contributed by atoms with Gasteiger partial charge in [0.2, 0.25) is 0 Å². The van der Waals surface area contributed by atoms with Crippen LogP contribution in [0.1, 0.15) is 158 Å². The van der Waals surface area contributed by atoms with Gasteiger partial charge in [0.15, 0.2) is 0 Å². The van der Waals surface area contributed by atoms with Crippen LogP contribution < -0.4 is 0 Å². The highest BCUT2D eigenvalue weighted by molar-refractivity contribution is 5.22. The van der Waals surface area contributed by atoms with Gasteiger partial charge < -0.3 is 0 Å². The summed E-state index contributed by atoms with van der Waals surface area (Å²) in [6.07, 6.45) is 16.2. The molecule has 0 amide bonds. The zero-order valence-corrected chi connectivity index (χ0v) is 40.4. The monoisotopic (exact) mass is 812 g/mol. The minimum Gasteiger partial charge on any atom is -0.264 e. The smallest absolute Gasteiger partial charge is 0.115 e. The maximum absolute atomic E-state index is 4.25. The Morgan fingerprint density at radius 1 is 0.300 bits per heavy atom. The van der Waals surface area contributed by atoms with Gasteiger partial charge in [-0.2, -0.15) is 10.2 Å². The molecule has 60 heavy (non-hydrogen) atoms. The SMILES string of the molecule is CC(C)(C)c1ccccc1.CC(C)(C)c1ccccn1.CC(C)(C)c1cccnc1.CC(C)(C)c1cccnc1.CC(C)(C)c1cccnn1.CC(C)(C)c1cncnc1. The summed E-state index contributed by atoms with van der Waals surface area (Å²) in [4.78, 5) is 20.2. The third-order valence-corrected chi connectivity index (χ3v) is 8.90. The fourth-order valence-electron chi connectivity index (χ4n) is 4.75. The number of nitrogens with zero attached hydrogens (tertiary/aromatic N) is 7. The molecule has 324 valence electrons. The molecule has 0 saturated heterocycles. The van der Waals surface area contributed by atoms with E-state index in [0.717, 1.165) is 11.4 Å². The van der Waals surface area contributed by atoms with Gasteiger partial charge in [-0.15, -0.1) is 0 Å². The van der Waals surface area contributed by atoms with Crippen LogP contribution in [0.5, 0.6) is 0 Å². The lowest BCUT2D eigenvalue weighted by Crippen LogP contribution is -2.13. The molecule has 0 atom stereocenters. The molecule has 0 unspecified atom stereocenters. The summed E-state index contributed by atoms with van der Waals surface area (Å²) in [5.74, 6) is 0. The minimum atomic E-state index is 0.119. The molecule has 6 aromatic rings. The van der Waals surface area contributed by atoms with Crippen molar-refractivity contribution in [3.05, 3.63) is 174 Å². The summed E-state index contributed by atoms with van der Waals surface area (Å²) in [6.45, 7) is 39.1. The van der Waals surface area contributed by atoms with Gasteiger partial charge in [-0.1, -0.05) is 173 Å². The lowest BCUT2D eigenvalue weighted by atomic mass is 9.87. The second-order valence-electron chi connectivity index (χ2n) is 20.8. The molecule has 1 aromatic carbocycles. The van der Waals surface area contributed by atoms with E-state index in [2.05, 4.69) is 208 Å². The number of hydrogen-bond acceptors (Lipinski definition) is 7. The predicted molar refractivity (Wildman–Crippen MR) is 255 cm³/mol. The first kappa shape index (κ1) is 52.8. The van der Waals surface area contributed by atoms with E-state index >= 15 is 0 Å². The third kappa shape index (κ3) is 22.8. The second-order valence-corrected chi connectivity index (χ2v) is 20.8. The van der Waals surface area contributed by atoms with Gasteiger partial charge >= 0.3 is 0 Å². The summed E-state index contributed by atoms with van der Waals surface area (Å²) in [5.41, 5.74) is 8.56. The van der Waals surface area contributed by atoms with Crippen molar-refractivity contribution in [2.75, 3.05) is 0 Å². The van der Waals surface area contributed by atoms with Crippen molar-refractivity contribution < 1.29 is 0 Å². The van der Waals surface area contributed by atoms with Gasteiger partial charge in [0.25, 0.3) is 0 Å². The van der Waals surface area contributed by atoms with Gasteiger partial charge in [0.05, 0.1) is 5.69 Å². The molecule has 0 aliphatic rings. The fraction of sp³-hybridized carbons (Fsp3) is 0.453. The molecule has 0 N–H and O–H groups in total. The van der Waals surface area contributed by atoms with E-state index in [1.165, 1.54) is 22.3 Å². The van der Waals surface area contributed by atoms with Crippen LogP contribution in [0.15, 0.2) is 141 Å². The summed E-state index contributed by atoms with van der Waals surface area (Å²) in [5, 5.41) is 7.80. The first-order valence-corrected chi connectivity index (χ1v) is 20.9. The van der Waals surface area contributed by atoms with Gasteiger partial charge in [0, 0.05) is 66.1 Å². The zero-order chi connectivity index (χ0) is 45.7. The minimum absolute atomic E-state index is 0.119. The van der Waals surface area contributed by atoms with Crippen molar-refractivity contribution in [3.8, 4) is 0 Å². The molecule has 7 heteroatoms. The first-order valence-electron chi connectivity index (χ1n) is 20.9. The Morgan fingerprint density at radius 2 is 0.683 bits per heavy atom. The molecule has 5 aromatic heterocycles. The Bertz CT molecular complexity index is 1560. The Hall–Kier alpha value is -5.17. The van der Waals surface area contributed by atoms with E-state index in [-0.39, 0.29) is 27.1 Å². The maximum atomic E-state index is 4.25. The van der Waals surface area contributed by atoms with Gasteiger partial charge in [0.1, 0.15) is 6.33 Å². The molecule has 0 spiro atoms. The molecule has 0 aliphatic heterocycles. The van der Waals surface area contributed by atoms with Crippen LogP contribution in [0.4, 0.5) is 0 Å². The highest BCUT2D eigenvalue weighted by atomic mass is 15.1. The van der Waals surface area contributed by atoms with Gasteiger partial charge in [-0.3, -0.25) is 15.0 Å². The van der Waals surface area contributed by atoms with Crippen LogP contribution in [0, 0.1) is 0 Å². The zero-order valence-electron chi connectivity index (χ0n) is 40.4. The molecular weight excluding hydrogens is 735 g/mol. The molecule has 7 nitrogen and oxygen atoms in total. The van der Waals surface area contributed by atoms with E-state index in [1.54, 1.807) is 24.9 Å². The third-order valence-electron chi connectivity index (χ3n) is 8.90. The molecule has 5 heterocycles. The lowest BCUT2D eigenvalue weighted by Gasteiger charge is -2.18. The number of aromatic nitrogens is 7. The maximum Gasteiger partial charge on any atom is 0.115 e. The van der Waals surface area contributed by atoms with Crippen molar-refractivity contribution >= 4 is 0 Å². The van der Waals surface area contributed by atoms with E-state index in [0.29, 0.717) is 5.41 Å². The molecule has 6 rings (SSSR count). The van der Waals surface area contributed by atoms with Crippen LogP contribution in [0.25, 0.3) is 0 Å². The number of hydrogen-bond donors (Lipinski definition) is 0. The van der Waals surface area contributed by atoms with Crippen molar-refractivity contribution in [1.29, 1.82) is 0 Å². The Morgan fingerprint density at radius 3 is 0.933 bits per heavy atom. The normalized spacial score (nSPS) is 11.5. The lowest BCUT2D eigenvalue weighted by molar-refractivity contribution is 0.558. The van der Waals surface area contributed by atoms with Crippen molar-refractivity contribution in [2.24, 2.45) is 0 Å². The molecule has 0 radical (unpaired) electrons. The standard InChI is InChI=1S/C10H14.3C9H13N.2C8H12N2/c1-10(2,3)9-7-5-4-6-8-9;2*1-9(2,3)8-5-4-6-10-7-8;1-9(2,3)8-6-4-5-7-10-8;1-8(2,3)7-4-9-6-10-5-7;1-8(2,3)7-5-4-6-9-10-7/h4-8H,1-3H3;3*4-7H,1-3H3;2*4-6H,1-3H3. The van der Waals surface area contributed by atoms with E-state index in [9.17, 15) is 0 Å². The second kappa shape index (κ2) is 24.2. The number of benzene rings is 1. The summed E-state index contributed by atoms with van der Waals surface area (Å²) < 4.78 is 0. The average molecular weight is 812 g/mol. The topological polar surface area (TPSA) is 90.2 Å². The molecule has 0 fully saturated rings. The van der Waals surface area contributed by atoms with Crippen molar-refractivity contribution in [3.63, 3.8) is 0 Å². The fourth-order valence-corrected chi connectivity index (χ4v) is 4.75. The first-order chi connectivity index (χ1) is 27.6. The summed E-state index contributed by atoms with van der Waals surface area (Å²) >= 11 is 0. The van der Waals surface area contributed by atoms with Crippen molar-refractivity contribution in [1.82, 2.24) is 35.1 Å². The average Bonchev–Trinajstić information content (AvgIpc) is 3.19. The highest BCUT2D eigenvalue weighted by Crippen LogP contribution is 2.23. The number of pyridine rings is 3. The van der Waals surface area contributed by atoms with Gasteiger partial charge in [-0.05, 0) is 80.3 Å². The van der Waals surface area contributed by atoms with Crippen molar-refractivity contribution in [2.45, 2.75) is 157 Å². The largest absolute Gasteiger partial charge is 0.264 e. The van der Waals surface area contributed by atoms with Crippen LogP contribution in [0.3, 0.4) is 0 Å². The predicted octanol–water partition coefficient (Wildman–Crippen LogP) is 13.7. The summed E-state index contributed by atoms with van der Waals surface area (Å²) in [7, 11) is 0. The van der Waals surface area contributed by atoms with Crippen LogP contribution in [-0.2, 0) is 32.5 Å². The Labute approximate surface area is 365 Å². The summed E-state index contributed by atoms with van der Waals surface area (Å²) in [6, 6.07) is 28.6. The van der Waals surface area contributed by atoms with E-state index in [4.69, 9.17) is 0 Å². The van der Waals surface area contributed by atoms with Crippen LogP contribution in [-0.4, -0.2) is 35.1 Å². The van der Waals surface area contributed by atoms with E-state index in [1.807, 2.05) is 67.4 Å². The van der Waals surface area contributed by atoms with Gasteiger partial charge in [-0.25, -0.2) is 9.97 Å². The molecule has 0 aliphatic carbocycles. The number of rotatable bonds is 0. The Kier molecular flexibility index (Phi) is 21.3. The van der Waals surface area contributed by atoms with Crippen LogP contribution in [0.2, 0.25) is 0 Å². The van der Waals surface area contributed by atoms with Crippen LogP contribution >= 0.6 is 0 Å². The van der Waals surface area contributed by atoms with E-state index < -0.39 is 0 Å². The molecular formula is C53H77N7. The molecule has 0 saturated carbocycles. The molecule has 0 bridgehead atoms. The Balaban J connectivity index is 0.000000360.